The molecule has 3 heterocycles. The van der Waals surface area contributed by atoms with Gasteiger partial charge >= 0.3 is 5.97 Å². The van der Waals surface area contributed by atoms with Gasteiger partial charge in [-0.2, -0.15) is 0 Å². The number of hydrogen-bond acceptors (Lipinski definition) is 7. The monoisotopic (exact) mass is 482 g/mol. The van der Waals surface area contributed by atoms with Crippen molar-refractivity contribution in [3.8, 4) is 20.9 Å². The van der Waals surface area contributed by atoms with Gasteiger partial charge in [-0.15, -0.1) is 11.3 Å². The molecule has 0 unspecified atom stereocenters. The molecule has 0 bridgehead atoms. The van der Waals surface area contributed by atoms with Crippen molar-refractivity contribution in [1.82, 2.24) is 10.4 Å². The number of nitrogens with one attached hydrogen (secondary N) is 1. The molecule has 4 N–H and O–H groups in total. The largest absolute Gasteiger partial charge is 0.478 e. The molecule has 6 nitrogen and oxygen atoms in total. The zero-order valence-corrected chi connectivity index (χ0v) is 20.7. The second-order valence-corrected chi connectivity index (χ2v) is 11.9. The van der Waals surface area contributed by atoms with E-state index in [4.69, 9.17) is 10.8 Å². The van der Waals surface area contributed by atoms with Gasteiger partial charge in [-0.3, -0.25) is 11.3 Å². The first-order valence-corrected chi connectivity index (χ1v) is 13.2. The summed E-state index contributed by atoms with van der Waals surface area (Å²) in [6.45, 7) is 7.08. The first kappa shape index (κ1) is 22.5. The van der Waals surface area contributed by atoms with Gasteiger partial charge in [0.25, 0.3) is 0 Å². The van der Waals surface area contributed by atoms with E-state index in [-0.39, 0.29) is 5.41 Å². The number of thiophene rings is 1. The molecule has 0 atom stereocenters. The normalized spacial score (nSPS) is 17.4. The number of aromatic nitrogens is 1. The number of nitrogens with zero attached hydrogens (tertiary/aromatic N) is 2. The molecular formula is C25H30N4O2S2. The predicted molar refractivity (Wildman–Crippen MR) is 136 cm³/mol. The SMILES string of the molecule is CC1(C)CCc2sc(-c3ccc(-c4sc(N5CCCC5)nc4CNN)cc3)c(C(=O)O)c2C1. The Hall–Kier alpha value is -2.26. The maximum Gasteiger partial charge on any atom is 0.337 e. The van der Waals surface area contributed by atoms with Crippen molar-refractivity contribution in [3.63, 3.8) is 0 Å². The van der Waals surface area contributed by atoms with Crippen molar-refractivity contribution in [2.24, 2.45) is 11.3 Å². The standard InChI is InChI=1S/C25H30N4O2S2/c1-25(2)10-9-19-17(13-25)20(23(30)31)22(32-19)16-7-5-15(6-8-16)21-18(14-27-26)28-24(33-21)29-11-3-4-12-29/h5-8,27H,3-4,9-14,26H2,1-2H3,(H,30,31). The van der Waals surface area contributed by atoms with Crippen LogP contribution in [0.4, 0.5) is 5.13 Å². The summed E-state index contributed by atoms with van der Waals surface area (Å²) < 4.78 is 0. The van der Waals surface area contributed by atoms with Gasteiger partial charge in [0.2, 0.25) is 0 Å². The number of aromatic carboxylic acids is 1. The Morgan fingerprint density at radius 2 is 1.82 bits per heavy atom. The topological polar surface area (TPSA) is 91.5 Å². The first-order chi connectivity index (χ1) is 15.9. The van der Waals surface area contributed by atoms with E-state index in [0.29, 0.717) is 12.1 Å². The van der Waals surface area contributed by atoms with Crippen LogP contribution in [-0.4, -0.2) is 29.1 Å². The van der Waals surface area contributed by atoms with E-state index in [0.717, 1.165) is 69.6 Å². The number of nitrogens with two attached hydrogens (primary N) is 1. The van der Waals surface area contributed by atoms with Crippen LogP contribution in [0.25, 0.3) is 20.9 Å². The summed E-state index contributed by atoms with van der Waals surface area (Å²) in [6, 6.07) is 8.29. The predicted octanol–water partition coefficient (Wildman–Crippen LogP) is 5.32. The van der Waals surface area contributed by atoms with Crippen LogP contribution < -0.4 is 16.2 Å². The van der Waals surface area contributed by atoms with E-state index in [1.165, 1.54) is 17.7 Å². The molecule has 33 heavy (non-hydrogen) atoms. The smallest absolute Gasteiger partial charge is 0.337 e. The molecule has 1 fully saturated rings. The van der Waals surface area contributed by atoms with Crippen LogP contribution in [0.3, 0.4) is 0 Å². The Morgan fingerprint density at radius 1 is 1.15 bits per heavy atom. The second-order valence-electron chi connectivity index (χ2n) is 9.78. The summed E-state index contributed by atoms with van der Waals surface area (Å²) in [7, 11) is 0. The third-order valence-corrected chi connectivity index (χ3v) is 9.28. The molecule has 5 rings (SSSR count). The van der Waals surface area contributed by atoms with Gasteiger partial charge in [0.15, 0.2) is 5.13 Å². The Kier molecular flexibility index (Phi) is 6.03. The van der Waals surface area contributed by atoms with Crippen LogP contribution in [0.15, 0.2) is 24.3 Å². The van der Waals surface area contributed by atoms with Crippen LogP contribution in [0, 0.1) is 5.41 Å². The van der Waals surface area contributed by atoms with E-state index in [2.05, 4.69) is 48.4 Å². The minimum Gasteiger partial charge on any atom is -0.478 e. The molecule has 2 aliphatic rings. The summed E-state index contributed by atoms with van der Waals surface area (Å²) in [5.74, 6) is 4.81. The number of aryl methyl sites for hydroxylation is 1. The lowest BCUT2D eigenvalue weighted by atomic mass is 9.76. The molecule has 2 aromatic heterocycles. The molecule has 0 saturated carbocycles. The number of fused-ring (bicyclic) bond motifs is 1. The van der Waals surface area contributed by atoms with E-state index in [1.54, 1.807) is 22.7 Å². The van der Waals surface area contributed by atoms with Crippen molar-refractivity contribution in [1.29, 1.82) is 0 Å². The Balaban J connectivity index is 1.50. The highest BCUT2D eigenvalue weighted by atomic mass is 32.1. The lowest BCUT2D eigenvalue weighted by molar-refractivity contribution is 0.0696. The fourth-order valence-electron chi connectivity index (χ4n) is 4.95. The molecule has 0 amide bonds. The number of rotatable bonds is 6. The number of hydrogen-bond donors (Lipinski definition) is 3. The van der Waals surface area contributed by atoms with Gasteiger partial charge in [-0.25, -0.2) is 9.78 Å². The summed E-state index contributed by atoms with van der Waals surface area (Å²) >= 11 is 3.36. The quantitative estimate of drug-likeness (QED) is 0.326. The minimum absolute atomic E-state index is 0.145. The molecule has 0 spiro atoms. The highest BCUT2D eigenvalue weighted by molar-refractivity contribution is 7.19. The molecule has 1 saturated heterocycles. The molecule has 1 aliphatic carbocycles. The fourth-order valence-corrected chi connectivity index (χ4v) is 7.40. The van der Waals surface area contributed by atoms with Crippen molar-refractivity contribution in [2.75, 3.05) is 18.0 Å². The van der Waals surface area contributed by atoms with Crippen LogP contribution in [0.5, 0.6) is 0 Å². The zero-order chi connectivity index (χ0) is 23.2. The molecule has 174 valence electrons. The summed E-state index contributed by atoms with van der Waals surface area (Å²) in [4.78, 5) is 22.7. The molecule has 1 aliphatic heterocycles. The lowest BCUT2D eigenvalue weighted by Crippen LogP contribution is -2.22. The van der Waals surface area contributed by atoms with Gasteiger partial charge in [0, 0.05) is 22.8 Å². The maximum absolute atomic E-state index is 12.2. The third kappa shape index (κ3) is 4.33. The van der Waals surface area contributed by atoms with Crippen molar-refractivity contribution >= 4 is 33.8 Å². The maximum atomic E-state index is 12.2. The number of carboxylic acid groups (broad SMARTS) is 1. The Morgan fingerprint density at radius 3 is 2.45 bits per heavy atom. The van der Waals surface area contributed by atoms with Crippen molar-refractivity contribution < 1.29 is 9.90 Å². The van der Waals surface area contributed by atoms with Gasteiger partial charge in [-0.1, -0.05) is 49.4 Å². The van der Waals surface area contributed by atoms with Crippen LogP contribution in [-0.2, 0) is 19.4 Å². The first-order valence-electron chi connectivity index (χ1n) is 11.5. The van der Waals surface area contributed by atoms with E-state index < -0.39 is 5.97 Å². The summed E-state index contributed by atoms with van der Waals surface area (Å²) in [5, 5.41) is 11.1. The lowest BCUT2D eigenvalue weighted by Gasteiger charge is -2.29. The van der Waals surface area contributed by atoms with E-state index >= 15 is 0 Å². The van der Waals surface area contributed by atoms with Gasteiger partial charge in [0.05, 0.1) is 22.7 Å². The highest BCUT2D eigenvalue weighted by Gasteiger charge is 2.33. The van der Waals surface area contributed by atoms with Crippen LogP contribution in [0.1, 0.15) is 59.6 Å². The Labute approximate surface area is 202 Å². The molecular weight excluding hydrogens is 452 g/mol. The number of thiazole rings is 1. The third-order valence-electron chi connectivity index (χ3n) is 6.73. The average molecular weight is 483 g/mol. The van der Waals surface area contributed by atoms with E-state index in [9.17, 15) is 9.90 Å². The van der Waals surface area contributed by atoms with Crippen molar-refractivity contribution in [2.45, 2.75) is 52.5 Å². The number of carbonyl (C=O) groups is 1. The molecule has 8 heteroatoms. The van der Waals surface area contributed by atoms with Gasteiger partial charge < -0.3 is 10.0 Å². The van der Waals surface area contributed by atoms with Gasteiger partial charge in [0.1, 0.15) is 0 Å². The van der Waals surface area contributed by atoms with Gasteiger partial charge in [-0.05, 0) is 54.2 Å². The molecule has 3 aromatic rings. The second kappa shape index (κ2) is 8.83. The average Bonchev–Trinajstić information content (AvgIpc) is 3.51. The summed E-state index contributed by atoms with van der Waals surface area (Å²) in [6.07, 6.45) is 5.31. The fraction of sp³-hybridized carbons (Fsp3) is 0.440. The van der Waals surface area contributed by atoms with Crippen LogP contribution >= 0.6 is 22.7 Å². The molecule has 1 aromatic carbocycles. The molecule has 0 radical (unpaired) electrons. The summed E-state index contributed by atoms with van der Waals surface area (Å²) in [5.41, 5.74) is 7.45. The number of hydrazine groups is 1. The van der Waals surface area contributed by atoms with Crippen molar-refractivity contribution in [3.05, 3.63) is 46.0 Å². The number of anilines is 1. The van der Waals surface area contributed by atoms with E-state index in [1.807, 2.05) is 0 Å². The minimum atomic E-state index is -0.821. The highest BCUT2D eigenvalue weighted by Crippen LogP contribution is 2.45. The zero-order valence-electron chi connectivity index (χ0n) is 19.1. The van der Waals surface area contributed by atoms with Crippen LogP contribution in [0.2, 0.25) is 0 Å². The number of carboxylic acids is 1. The number of benzene rings is 1. The Bertz CT molecular complexity index is 1170.